The summed E-state index contributed by atoms with van der Waals surface area (Å²) in [5, 5.41) is 8.75. The van der Waals surface area contributed by atoms with Gasteiger partial charge in [0, 0.05) is 18.8 Å². The van der Waals surface area contributed by atoms with Crippen molar-refractivity contribution in [3.63, 3.8) is 0 Å². The van der Waals surface area contributed by atoms with E-state index in [2.05, 4.69) is 16.8 Å². The van der Waals surface area contributed by atoms with Crippen molar-refractivity contribution < 1.29 is 23.1 Å². The number of carboxylic acid groups (broad SMARTS) is 1. The van der Waals surface area contributed by atoms with Gasteiger partial charge in [-0.05, 0) is 30.7 Å². The maximum absolute atomic E-state index is 11.6. The number of hydrogen-bond donors (Lipinski definition) is 1. The van der Waals surface area contributed by atoms with Gasteiger partial charge in [-0.15, -0.1) is 0 Å². The third kappa shape index (κ3) is 5.22. The van der Waals surface area contributed by atoms with Gasteiger partial charge < -0.3 is 9.84 Å². The Bertz CT molecular complexity index is 990. The lowest BCUT2D eigenvalue weighted by atomic mass is 10.1. The zero-order valence-electron chi connectivity index (χ0n) is 14.6. The molecule has 0 saturated carbocycles. The van der Waals surface area contributed by atoms with Crippen LogP contribution in [0.25, 0.3) is 0 Å². The van der Waals surface area contributed by atoms with Gasteiger partial charge in [0.05, 0.1) is 23.7 Å². The molecular weight excluding hydrogens is 356 g/mol. The van der Waals surface area contributed by atoms with Gasteiger partial charge in [0.2, 0.25) is 10.0 Å². The molecular formula is C18H18N2O5S. The molecule has 1 aromatic carbocycles. The van der Waals surface area contributed by atoms with Crippen LogP contribution in [0.4, 0.5) is 5.69 Å². The smallest absolute Gasteiger partial charge is 0.341 e. The Balaban J connectivity index is 2.35. The summed E-state index contributed by atoms with van der Waals surface area (Å²) in [7, 11) is -1.97. The van der Waals surface area contributed by atoms with Crippen molar-refractivity contribution in [1.29, 1.82) is 0 Å². The van der Waals surface area contributed by atoms with Crippen LogP contribution in [-0.4, -0.2) is 44.4 Å². The third-order valence-corrected chi connectivity index (χ3v) is 4.62. The van der Waals surface area contributed by atoms with Crippen LogP contribution in [0, 0.1) is 18.8 Å². The van der Waals surface area contributed by atoms with Crippen molar-refractivity contribution in [1.82, 2.24) is 4.98 Å². The number of anilines is 1. The molecule has 0 amide bonds. The molecule has 1 aromatic heterocycles. The second kappa shape index (κ2) is 7.89. The van der Waals surface area contributed by atoms with E-state index in [1.54, 1.807) is 24.3 Å². The minimum atomic E-state index is -3.40. The lowest BCUT2D eigenvalue weighted by Gasteiger charge is -2.15. The molecule has 0 fully saturated rings. The van der Waals surface area contributed by atoms with Crippen LogP contribution in [0.15, 0.2) is 36.7 Å². The molecule has 0 aliphatic rings. The molecule has 0 unspecified atom stereocenters. The van der Waals surface area contributed by atoms with E-state index in [1.807, 2.05) is 6.92 Å². The fourth-order valence-electron chi connectivity index (χ4n) is 2.01. The maximum Gasteiger partial charge on any atom is 0.341 e. The predicted octanol–water partition coefficient (Wildman–Crippen LogP) is 1.65. The number of aromatic nitrogens is 1. The molecule has 1 N–H and O–H groups in total. The highest BCUT2D eigenvalue weighted by molar-refractivity contribution is 7.92. The molecule has 0 radical (unpaired) electrons. The van der Waals surface area contributed by atoms with E-state index in [0.717, 1.165) is 16.1 Å². The second-order valence-corrected chi connectivity index (χ2v) is 7.61. The van der Waals surface area contributed by atoms with Gasteiger partial charge in [0.15, 0.2) is 6.61 Å². The molecule has 2 aromatic rings. The van der Waals surface area contributed by atoms with Crippen LogP contribution < -0.4 is 9.04 Å². The first-order valence-electron chi connectivity index (χ1n) is 7.53. The van der Waals surface area contributed by atoms with Gasteiger partial charge in [0.25, 0.3) is 0 Å². The fourth-order valence-corrected chi connectivity index (χ4v) is 2.49. The van der Waals surface area contributed by atoms with Crippen molar-refractivity contribution in [2.75, 3.05) is 24.2 Å². The Morgan fingerprint density at radius 3 is 2.65 bits per heavy atom. The van der Waals surface area contributed by atoms with E-state index in [4.69, 9.17) is 9.84 Å². The average Bonchev–Trinajstić information content (AvgIpc) is 2.57. The predicted molar refractivity (Wildman–Crippen MR) is 97.8 cm³/mol. The van der Waals surface area contributed by atoms with Gasteiger partial charge in [-0.2, -0.15) is 0 Å². The van der Waals surface area contributed by atoms with E-state index < -0.39 is 22.6 Å². The number of carbonyl (C=O) groups is 1. The van der Waals surface area contributed by atoms with Crippen LogP contribution in [-0.2, 0) is 14.8 Å². The van der Waals surface area contributed by atoms with E-state index in [-0.39, 0.29) is 0 Å². The standard InChI is InChI=1S/C18H18N2O5S/c1-13-4-7-17(25-12-18(21)22)15(8-13)6-5-14-9-16(11-19-10-14)20(2)26(3,23)24/h4,7-11H,12H2,1-3H3,(H,21,22). The maximum atomic E-state index is 11.6. The molecule has 0 spiro atoms. The molecule has 1 heterocycles. The van der Waals surface area contributed by atoms with Crippen LogP contribution in [0.5, 0.6) is 5.75 Å². The zero-order valence-corrected chi connectivity index (χ0v) is 15.4. The Hall–Kier alpha value is -3.05. The molecule has 0 bridgehead atoms. The van der Waals surface area contributed by atoms with Gasteiger partial charge in [-0.3, -0.25) is 9.29 Å². The van der Waals surface area contributed by atoms with E-state index >= 15 is 0 Å². The first-order valence-corrected chi connectivity index (χ1v) is 9.38. The highest BCUT2D eigenvalue weighted by Gasteiger charge is 2.12. The summed E-state index contributed by atoms with van der Waals surface area (Å²) in [4.78, 5) is 14.7. The lowest BCUT2D eigenvalue weighted by molar-refractivity contribution is -0.139. The van der Waals surface area contributed by atoms with Crippen molar-refractivity contribution in [3.8, 4) is 17.6 Å². The van der Waals surface area contributed by atoms with Crippen LogP contribution >= 0.6 is 0 Å². The summed E-state index contributed by atoms with van der Waals surface area (Å²) in [5.74, 6) is 5.11. The number of nitrogens with zero attached hydrogens (tertiary/aromatic N) is 2. The van der Waals surface area contributed by atoms with Gasteiger partial charge in [-0.25, -0.2) is 13.2 Å². The van der Waals surface area contributed by atoms with Crippen molar-refractivity contribution in [3.05, 3.63) is 53.3 Å². The highest BCUT2D eigenvalue weighted by atomic mass is 32.2. The first-order chi connectivity index (χ1) is 12.2. The molecule has 8 heteroatoms. The largest absolute Gasteiger partial charge is 0.481 e. The Kier molecular flexibility index (Phi) is 5.85. The van der Waals surface area contributed by atoms with E-state index in [1.165, 1.54) is 19.4 Å². The number of benzene rings is 1. The Morgan fingerprint density at radius 2 is 2.00 bits per heavy atom. The number of pyridine rings is 1. The van der Waals surface area contributed by atoms with Crippen LogP contribution in [0.1, 0.15) is 16.7 Å². The quantitative estimate of drug-likeness (QED) is 0.800. The number of sulfonamides is 1. The van der Waals surface area contributed by atoms with Gasteiger partial charge in [-0.1, -0.05) is 17.9 Å². The van der Waals surface area contributed by atoms with Gasteiger partial charge in [0.1, 0.15) is 5.75 Å². The minimum absolute atomic E-state index is 0.364. The summed E-state index contributed by atoms with van der Waals surface area (Å²) in [6.07, 6.45) is 4.05. The van der Waals surface area contributed by atoms with Crippen LogP contribution in [0.3, 0.4) is 0 Å². The summed E-state index contributed by atoms with van der Waals surface area (Å²) in [6.45, 7) is 1.42. The summed E-state index contributed by atoms with van der Waals surface area (Å²) in [6, 6.07) is 6.85. The molecule has 136 valence electrons. The molecule has 26 heavy (non-hydrogen) atoms. The Labute approximate surface area is 152 Å². The second-order valence-electron chi connectivity index (χ2n) is 5.59. The summed E-state index contributed by atoms with van der Waals surface area (Å²) >= 11 is 0. The number of aliphatic carboxylic acids is 1. The molecule has 0 aliphatic heterocycles. The molecule has 0 atom stereocenters. The van der Waals surface area contributed by atoms with E-state index in [9.17, 15) is 13.2 Å². The topological polar surface area (TPSA) is 96.8 Å². The minimum Gasteiger partial charge on any atom is -0.481 e. The third-order valence-electron chi connectivity index (χ3n) is 3.41. The number of rotatable bonds is 5. The lowest BCUT2D eigenvalue weighted by Crippen LogP contribution is -2.24. The fraction of sp³-hybridized carbons (Fsp3) is 0.222. The number of carboxylic acids is 1. The average molecular weight is 374 g/mol. The van der Waals surface area contributed by atoms with Crippen molar-refractivity contribution >= 4 is 21.7 Å². The highest BCUT2D eigenvalue weighted by Crippen LogP contribution is 2.20. The SMILES string of the molecule is Cc1ccc(OCC(=O)O)c(C#Cc2cncc(N(C)S(C)(=O)=O)c2)c1. The summed E-state index contributed by atoms with van der Waals surface area (Å²) in [5.41, 5.74) is 2.39. The monoisotopic (exact) mass is 374 g/mol. The van der Waals surface area contributed by atoms with E-state index in [0.29, 0.717) is 22.6 Å². The first kappa shape index (κ1) is 19.3. The number of aryl methyl sites for hydroxylation is 1. The number of hydrogen-bond acceptors (Lipinski definition) is 5. The number of ether oxygens (including phenoxy) is 1. The summed E-state index contributed by atoms with van der Waals surface area (Å²) < 4.78 is 29.6. The Morgan fingerprint density at radius 1 is 1.27 bits per heavy atom. The normalized spacial score (nSPS) is 10.6. The zero-order chi connectivity index (χ0) is 19.3. The van der Waals surface area contributed by atoms with Crippen LogP contribution in [0.2, 0.25) is 0 Å². The van der Waals surface area contributed by atoms with Crippen molar-refractivity contribution in [2.24, 2.45) is 0 Å². The molecule has 0 aliphatic carbocycles. The molecule has 2 rings (SSSR count). The van der Waals surface area contributed by atoms with Crippen molar-refractivity contribution in [2.45, 2.75) is 6.92 Å². The molecule has 0 saturated heterocycles. The van der Waals surface area contributed by atoms with Gasteiger partial charge >= 0.3 is 5.97 Å². The molecule has 7 nitrogen and oxygen atoms in total.